The highest BCUT2D eigenvalue weighted by molar-refractivity contribution is 5.70. The van der Waals surface area contributed by atoms with Crippen molar-refractivity contribution >= 4 is 23.9 Å². The largest absolute Gasteiger partial charge is 0.466 e. The van der Waals surface area contributed by atoms with E-state index >= 15 is 0 Å². The first-order valence-electron chi connectivity index (χ1n) is 40.7. The Morgan fingerprint density at radius 1 is 0.337 bits per heavy atom. The average Bonchev–Trinajstić information content (AvgIpc) is 3.63. The van der Waals surface area contributed by atoms with Crippen LogP contribution in [0.2, 0.25) is 0 Å². The maximum absolute atomic E-state index is 12.8. The lowest BCUT2D eigenvalue weighted by Gasteiger charge is -2.21. The summed E-state index contributed by atoms with van der Waals surface area (Å²) in [6.45, 7) is 11.7. The molecule has 1 rings (SSSR count). The minimum atomic E-state index is -0.184. The van der Waals surface area contributed by atoms with Crippen LogP contribution in [0.3, 0.4) is 0 Å². The summed E-state index contributed by atoms with van der Waals surface area (Å²) in [5, 5.41) is 0. The molecule has 2 unspecified atom stereocenters. The number of carbonyl (C=O) groups is 4. The van der Waals surface area contributed by atoms with Gasteiger partial charge in [-0.05, 0) is 153 Å². The Morgan fingerprint density at radius 3 is 0.979 bits per heavy atom. The Kier molecular flexibility index (Phi) is 68.1. The third-order valence-electron chi connectivity index (χ3n) is 18.6. The molecular formula is C85H150N2O8. The van der Waals surface area contributed by atoms with Crippen molar-refractivity contribution in [3.8, 4) is 0 Å². The minimum Gasteiger partial charge on any atom is -0.466 e. The van der Waals surface area contributed by atoms with E-state index in [1.54, 1.807) is 12.4 Å². The number of unbranched alkanes of at least 4 members (excludes halogenated alkanes) is 40. The number of esters is 4. The van der Waals surface area contributed by atoms with E-state index in [0.29, 0.717) is 52.0 Å². The van der Waals surface area contributed by atoms with Crippen LogP contribution in [-0.2, 0) is 44.5 Å². The number of hydrogen-bond acceptors (Lipinski definition) is 10. The van der Waals surface area contributed by atoms with Gasteiger partial charge in [-0.2, -0.15) is 0 Å². The molecule has 1 aromatic rings. The molecule has 0 bridgehead atoms. The van der Waals surface area contributed by atoms with E-state index < -0.39 is 0 Å². The summed E-state index contributed by atoms with van der Waals surface area (Å²) < 4.78 is 23.4. The Morgan fingerprint density at radius 2 is 0.632 bits per heavy atom. The van der Waals surface area contributed by atoms with E-state index in [9.17, 15) is 19.2 Å². The third kappa shape index (κ3) is 65.6. The lowest BCUT2D eigenvalue weighted by atomic mass is 10.1. The van der Waals surface area contributed by atoms with Gasteiger partial charge in [-0.25, -0.2) is 0 Å². The quantitative estimate of drug-likeness (QED) is 0.0270. The van der Waals surface area contributed by atoms with Crippen molar-refractivity contribution in [3.63, 3.8) is 0 Å². The molecule has 0 radical (unpaired) electrons. The van der Waals surface area contributed by atoms with Crippen molar-refractivity contribution in [2.24, 2.45) is 0 Å². The smallest absolute Gasteiger partial charge is 0.307 e. The van der Waals surface area contributed by atoms with Crippen molar-refractivity contribution in [1.82, 2.24) is 9.88 Å². The van der Waals surface area contributed by atoms with Gasteiger partial charge in [0.2, 0.25) is 0 Å². The number of pyridine rings is 1. The van der Waals surface area contributed by atoms with Gasteiger partial charge in [0.1, 0.15) is 12.2 Å². The van der Waals surface area contributed by atoms with Gasteiger partial charge in [0.05, 0.1) is 26.1 Å². The maximum atomic E-state index is 12.8. The average molecular weight is 1330 g/mol. The lowest BCUT2D eigenvalue weighted by molar-refractivity contribution is -0.150. The van der Waals surface area contributed by atoms with Crippen LogP contribution in [0.1, 0.15) is 393 Å². The second kappa shape index (κ2) is 72.7. The molecule has 0 aliphatic rings. The van der Waals surface area contributed by atoms with E-state index in [-0.39, 0.29) is 36.1 Å². The number of rotatable bonds is 73. The summed E-state index contributed by atoms with van der Waals surface area (Å²) in [6, 6.07) is 4.02. The van der Waals surface area contributed by atoms with E-state index in [2.05, 4.69) is 86.2 Å². The van der Waals surface area contributed by atoms with Crippen LogP contribution < -0.4 is 0 Å². The first-order chi connectivity index (χ1) is 46.8. The number of ether oxygens (including phenoxy) is 4. The number of nitrogens with zero attached hydrogens (tertiary/aromatic N) is 2. The van der Waals surface area contributed by atoms with Gasteiger partial charge < -0.3 is 23.8 Å². The molecule has 0 aliphatic heterocycles. The summed E-state index contributed by atoms with van der Waals surface area (Å²) >= 11 is 0. The first-order valence-corrected chi connectivity index (χ1v) is 40.7. The van der Waals surface area contributed by atoms with Gasteiger partial charge in [-0.15, -0.1) is 0 Å². The zero-order chi connectivity index (χ0) is 68.5. The zero-order valence-electron chi connectivity index (χ0n) is 62.6. The van der Waals surface area contributed by atoms with Gasteiger partial charge in [0, 0.05) is 57.7 Å². The molecule has 0 fully saturated rings. The molecule has 0 saturated heterocycles. The SMILES string of the molecule is CCCCCCCC/C=C\CCCCCCCC(=O)OC(C/C=C\CCCCCCCCOC(=O)CCN(CCC(=O)OCCCCCCCC/C=C\CC(CCCCCC)OC(=O)CCCCCCC/C=C\CCCCCCCC)CCc1ccncc1)CCCCCC. The van der Waals surface area contributed by atoms with Crippen molar-refractivity contribution in [3.05, 3.63) is 78.7 Å². The second-order valence-electron chi connectivity index (χ2n) is 27.7. The topological polar surface area (TPSA) is 121 Å². The molecular weight excluding hydrogens is 1180 g/mol. The summed E-state index contributed by atoms with van der Waals surface area (Å²) in [6.07, 6.45) is 85.5. The molecule has 10 heteroatoms. The van der Waals surface area contributed by atoms with Crippen LogP contribution in [0.4, 0.5) is 0 Å². The van der Waals surface area contributed by atoms with Crippen LogP contribution in [-0.4, -0.2) is 78.8 Å². The van der Waals surface area contributed by atoms with Gasteiger partial charge in [0.25, 0.3) is 0 Å². The van der Waals surface area contributed by atoms with E-state index in [0.717, 1.165) is 141 Å². The zero-order valence-corrected chi connectivity index (χ0v) is 62.6. The third-order valence-corrected chi connectivity index (χ3v) is 18.6. The fraction of sp³-hybridized carbons (Fsp3) is 0.800. The van der Waals surface area contributed by atoms with E-state index in [1.165, 1.54) is 211 Å². The molecule has 95 heavy (non-hydrogen) atoms. The molecule has 0 spiro atoms. The summed E-state index contributed by atoms with van der Waals surface area (Å²) in [7, 11) is 0. The van der Waals surface area contributed by atoms with Crippen molar-refractivity contribution < 1.29 is 38.1 Å². The van der Waals surface area contributed by atoms with Gasteiger partial charge in [0.15, 0.2) is 0 Å². The predicted molar refractivity (Wildman–Crippen MR) is 404 cm³/mol. The highest BCUT2D eigenvalue weighted by Gasteiger charge is 2.16. The van der Waals surface area contributed by atoms with Crippen LogP contribution in [0, 0.1) is 0 Å². The number of hydrogen-bond donors (Lipinski definition) is 0. The number of aromatic nitrogens is 1. The molecule has 1 heterocycles. The molecule has 1 aromatic heterocycles. The van der Waals surface area contributed by atoms with Crippen molar-refractivity contribution in [2.75, 3.05) is 32.8 Å². The fourth-order valence-electron chi connectivity index (χ4n) is 12.3. The van der Waals surface area contributed by atoms with E-state index in [1.807, 2.05) is 12.1 Å². The Labute approximate surface area is 586 Å². The molecule has 2 atom stereocenters. The van der Waals surface area contributed by atoms with Crippen LogP contribution in [0.25, 0.3) is 0 Å². The summed E-state index contributed by atoms with van der Waals surface area (Å²) in [5.74, 6) is -0.411. The monoisotopic (exact) mass is 1330 g/mol. The second-order valence-corrected chi connectivity index (χ2v) is 27.7. The van der Waals surface area contributed by atoms with Gasteiger partial charge in [-0.1, -0.05) is 269 Å². The number of carbonyl (C=O) groups excluding carboxylic acids is 4. The Bertz CT molecular complexity index is 1830. The Hall–Kier alpha value is -4.05. The van der Waals surface area contributed by atoms with Crippen molar-refractivity contribution in [1.29, 1.82) is 0 Å². The molecule has 548 valence electrons. The molecule has 0 aromatic carbocycles. The standard InChI is InChI=1S/C85H150N2O8/c1-5-9-13-17-19-21-23-25-27-29-31-37-43-49-57-65-84(90)94-80(61-53-15-11-7-3)63-55-47-41-35-33-39-45-51-59-77-92-82(88)70-75-87(74-69-79-67-72-86-73-68-79)76-71-83(89)93-78-60-52-46-40-34-36-42-48-56-64-81(62-54-16-12-8-4)95-85(91)66-58-50-44-38-32-30-28-26-24-22-20-18-14-10-6-2/h25-28,47-48,55-56,67-68,72-73,80-81H,5-24,29-46,49-54,57-66,69-71,74-78H2,1-4H3/b27-25-,28-26-,55-47-,56-48-. The summed E-state index contributed by atoms with van der Waals surface area (Å²) in [5.41, 5.74) is 1.18. The van der Waals surface area contributed by atoms with Crippen LogP contribution >= 0.6 is 0 Å². The normalized spacial score (nSPS) is 12.5. The molecule has 0 N–H and O–H groups in total. The molecule has 0 amide bonds. The molecule has 0 aliphatic carbocycles. The lowest BCUT2D eigenvalue weighted by Crippen LogP contribution is -2.31. The molecule has 10 nitrogen and oxygen atoms in total. The summed E-state index contributed by atoms with van der Waals surface area (Å²) in [4.78, 5) is 57.7. The van der Waals surface area contributed by atoms with Crippen LogP contribution in [0.5, 0.6) is 0 Å². The maximum Gasteiger partial charge on any atom is 0.307 e. The van der Waals surface area contributed by atoms with Crippen molar-refractivity contribution in [2.45, 2.75) is 406 Å². The first kappa shape index (κ1) is 89.0. The highest BCUT2D eigenvalue weighted by Crippen LogP contribution is 2.20. The molecule has 0 saturated carbocycles. The Balaban J connectivity index is 2.24. The van der Waals surface area contributed by atoms with E-state index in [4.69, 9.17) is 18.9 Å². The van der Waals surface area contributed by atoms with Crippen LogP contribution in [0.15, 0.2) is 73.1 Å². The minimum absolute atomic E-state index is 0.0113. The highest BCUT2D eigenvalue weighted by atomic mass is 16.6. The van der Waals surface area contributed by atoms with Gasteiger partial charge in [-0.3, -0.25) is 24.2 Å². The fourth-order valence-corrected chi connectivity index (χ4v) is 12.3. The predicted octanol–water partition coefficient (Wildman–Crippen LogP) is 25.0. The number of allylic oxidation sites excluding steroid dienone is 6. The van der Waals surface area contributed by atoms with Gasteiger partial charge >= 0.3 is 23.9 Å².